The Labute approximate surface area is 194 Å². The number of amides is 1. The number of hydrogen-bond acceptors (Lipinski definition) is 8. The number of nitrogens with one attached hydrogen (secondary N) is 2. The number of ether oxygens (including phenoxy) is 1. The molecule has 33 heavy (non-hydrogen) atoms. The van der Waals surface area contributed by atoms with Crippen molar-refractivity contribution in [3.8, 4) is 0 Å². The number of rotatable bonds is 8. The van der Waals surface area contributed by atoms with E-state index in [1.54, 1.807) is 25.1 Å². The molecular weight excluding hydrogens is 466 g/mol. The van der Waals surface area contributed by atoms with Crippen molar-refractivity contribution >= 4 is 56.8 Å². The first kappa shape index (κ1) is 22.7. The monoisotopic (exact) mass is 487 g/mol. The van der Waals surface area contributed by atoms with Gasteiger partial charge in [-0.25, -0.2) is 13.2 Å². The van der Waals surface area contributed by atoms with Gasteiger partial charge in [-0.1, -0.05) is 5.16 Å². The average Bonchev–Trinajstić information content (AvgIpc) is 3.44. The molecule has 0 spiro atoms. The van der Waals surface area contributed by atoms with E-state index in [0.29, 0.717) is 33.3 Å². The lowest BCUT2D eigenvalue weighted by Gasteiger charge is -2.06. The smallest absolute Gasteiger partial charge is 0.337 e. The summed E-state index contributed by atoms with van der Waals surface area (Å²) >= 11 is 1.07. The zero-order valence-corrected chi connectivity index (χ0v) is 19.5. The summed E-state index contributed by atoms with van der Waals surface area (Å²) in [7, 11) is -2.54. The van der Waals surface area contributed by atoms with Crippen LogP contribution in [-0.4, -0.2) is 32.6 Å². The molecule has 3 aromatic rings. The predicted octanol–water partition coefficient (Wildman–Crippen LogP) is 4.15. The van der Waals surface area contributed by atoms with Gasteiger partial charge in [0.05, 0.1) is 12.7 Å². The molecule has 0 aliphatic heterocycles. The van der Waals surface area contributed by atoms with Crippen LogP contribution in [0.3, 0.4) is 0 Å². The minimum absolute atomic E-state index is 0.0466. The third kappa shape index (κ3) is 5.32. The van der Waals surface area contributed by atoms with E-state index in [0.717, 1.165) is 24.2 Å². The summed E-state index contributed by atoms with van der Waals surface area (Å²) in [6.45, 7) is 1.74. The molecule has 2 aromatic heterocycles. The van der Waals surface area contributed by atoms with Crippen molar-refractivity contribution < 1.29 is 27.3 Å². The van der Waals surface area contributed by atoms with Crippen molar-refractivity contribution in [3.05, 3.63) is 58.3 Å². The highest BCUT2D eigenvalue weighted by Gasteiger charge is 2.30. The second-order valence-electron chi connectivity index (χ2n) is 7.44. The number of sulfonamides is 1. The number of hydrogen-bond donors (Lipinski definition) is 2. The highest BCUT2D eigenvalue weighted by Crippen LogP contribution is 2.32. The Morgan fingerprint density at radius 3 is 2.55 bits per heavy atom. The van der Waals surface area contributed by atoms with Crippen molar-refractivity contribution in [2.45, 2.75) is 24.0 Å². The van der Waals surface area contributed by atoms with Crippen LogP contribution in [0.1, 0.15) is 39.5 Å². The van der Waals surface area contributed by atoms with Crippen molar-refractivity contribution in [1.82, 2.24) is 5.16 Å². The van der Waals surface area contributed by atoms with Crippen LogP contribution >= 0.6 is 11.3 Å². The van der Waals surface area contributed by atoms with Crippen LogP contribution in [0.25, 0.3) is 12.2 Å². The van der Waals surface area contributed by atoms with E-state index in [1.165, 1.54) is 37.4 Å². The molecule has 1 amide bonds. The molecule has 1 aliphatic rings. The molecule has 0 atom stereocenters. The van der Waals surface area contributed by atoms with Gasteiger partial charge in [0, 0.05) is 16.5 Å². The molecule has 0 saturated heterocycles. The Morgan fingerprint density at radius 1 is 1.15 bits per heavy atom. The van der Waals surface area contributed by atoms with Crippen molar-refractivity contribution in [3.63, 3.8) is 0 Å². The zero-order chi connectivity index (χ0) is 23.6. The van der Waals surface area contributed by atoms with E-state index in [2.05, 4.69) is 19.9 Å². The molecule has 1 fully saturated rings. The summed E-state index contributed by atoms with van der Waals surface area (Å²) in [5, 5.41) is 6.75. The molecule has 2 N–H and O–H groups in total. The molecule has 2 heterocycles. The molecule has 1 saturated carbocycles. The Hall–Kier alpha value is -3.44. The first-order valence-corrected chi connectivity index (χ1v) is 12.3. The molecule has 4 rings (SSSR count). The van der Waals surface area contributed by atoms with Gasteiger partial charge in [0.2, 0.25) is 5.91 Å². The van der Waals surface area contributed by atoms with Crippen molar-refractivity contribution in [2.75, 3.05) is 17.1 Å². The molecule has 1 aromatic carbocycles. The van der Waals surface area contributed by atoms with Gasteiger partial charge in [-0.05, 0) is 68.3 Å². The third-order valence-corrected chi connectivity index (χ3v) is 7.83. The number of esters is 1. The number of benzene rings is 1. The summed E-state index contributed by atoms with van der Waals surface area (Å²) in [6.07, 6.45) is 5.11. The van der Waals surface area contributed by atoms with Crippen LogP contribution in [0.5, 0.6) is 0 Å². The standard InChI is InChI=1S/C22H21N3O6S2/c1-13-20(23-21(26)14-3-4-14)18(31-24-13)11-9-17-10-12-19(32-17)33(28,29)25-16-7-5-15(6-8-16)22(27)30-2/h5-12,14,25H,3-4H2,1-2H3,(H,23,26)/b11-9+. The number of anilines is 2. The molecule has 0 unspecified atom stereocenters. The molecule has 0 bridgehead atoms. The normalized spacial score (nSPS) is 13.8. The second-order valence-corrected chi connectivity index (χ2v) is 10.5. The number of thiophene rings is 1. The highest BCUT2D eigenvalue weighted by molar-refractivity contribution is 7.94. The molecule has 172 valence electrons. The Kier molecular flexibility index (Phi) is 6.34. The lowest BCUT2D eigenvalue weighted by atomic mass is 10.2. The third-order valence-electron chi connectivity index (χ3n) is 4.91. The Morgan fingerprint density at radius 2 is 1.88 bits per heavy atom. The fraction of sp³-hybridized carbons (Fsp3) is 0.227. The molecule has 0 radical (unpaired) electrons. The zero-order valence-electron chi connectivity index (χ0n) is 17.8. The minimum atomic E-state index is -3.81. The maximum atomic E-state index is 12.7. The number of carbonyl (C=O) groups is 2. The largest absolute Gasteiger partial charge is 0.465 e. The van der Waals surface area contributed by atoms with E-state index in [4.69, 9.17) is 4.52 Å². The average molecular weight is 488 g/mol. The number of carbonyl (C=O) groups excluding carboxylic acids is 2. The van der Waals surface area contributed by atoms with Crippen molar-refractivity contribution in [1.29, 1.82) is 0 Å². The predicted molar refractivity (Wildman–Crippen MR) is 124 cm³/mol. The quantitative estimate of drug-likeness (QED) is 0.457. The number of nitrogens with zero attached hydrogens (tertiary/aromatic N) is 1. The molecule has 9 nitrogen and oxygen atoms in total. The van der Waals surface area contributed by atoms with Crippen LogP contribution in [0.4, 0.5) is 11.4 Å². The fourth-order valence-corrected chi connectivity index (χ4v) is 5.23. The van der Waals surface area contributed by atoms with Crippen LogP contribution in [0.15, 0.2) is 45.1 Å². The van der Waals surface area contributed by atoms with Crippen LogP contribution in [-0.2, 0) is 19.6 Å². The van der Waals surface area contributed by atoms with Crippen LogP contribution < -0.4 is 10.0 Å². The molecule has 1 aliphatic carbocycles. The molecular formula is C22H21N3O6S2. The number of methoxy groups -OCH3 is 1. The summed E-state index contributed by atoms with van der Waals surface area (Å²) in [6, 6.07) is 9.10. The number of aryl methyl sites for hydroxylation is 1. The van der Waals surface area contributed by atoms with E-state index in [-0.39, 0.29) is 16.0 Å². The van der Waals surface area contributed by atoms with Gasteiger partial charge in [0.1, 0.15) is 15.6 Å². The summed E-state index contributed by atoms with van der Waals surface area (Å²) in [5.74, 6) is -0.115. The van der Waals surface area contributed by atoms with Gasteiger partial charge in [-0.2, -0.15) is 0 Å². The van der Waals surface area contributed by atoms with Crippen LogP contribution in [0, 0.1) is 12.8 Å². The van der Waals surface area contributed by atoms with Gasteiger partial charge in [-0.3, -0.25) is 9.52 Å². The minimum Gasteiger partial charge on any atom is -0.465 e. The van der Waals surface area contributed by atoms with Crippen molar-refractivity contribution in [2.24, 2.45) is 5.92 Å². The van der Waals surface area contributed by atoms with Gasteiger partial charge < -0.3 is 14.6 Å². The lowest BCUT2D eigenvalue weighted by molar-refractivity contribution is -0.117. The maximum Gasteiger partial charge on any atom is 0.337 e. The van der Waals surface area contributed by atoms with Gasteiger partial charge >= 0.3 is 5.97 Å². The van der Waals surface area contributed by atoms with Gasteiger partial charge in [0.25, 0.3) is 10.0 Å². The molecule has 11 heteroatoms. The first-order valence-electron chi connectivity index (χ1n) is 10.0. The summed E-state index contributed by atoms with van der Waals surface area (Å²) in [5.41, 5.74) is 1.73. The maximum absolute atomic E-state index is 12.7. The van der Waals surface area contributed by atoms with E-state index >= 15 is 0 Å². The lowest BCUT2D eigenvalue weighted by Crippen LogP contribution is -2.14. The van der Waals surface area contributed by atoms with E-state index < -0.39 is 16.0 Å². The number of aromatic nitrogens is 1. The van der Waals surface area contributed by atoms with Gasteiger partial charge in [-0.15, -0.1) is 11.3 Å². The Balaban J connectivity index is 1.46. The summed E-state index contributed by atoms with van der Waals surface area (Å²) in [4.78, 5) is 24.3. The first-order chi connectivity index (χ1) is 15.8. The van der Waals surface area contributed by atoms with E-state index in [9.17, 15) is 18.0 Å². The highest BCUT2D eigenvalue weighted by atomic mass is 32.2. The van der Waals surface area contributed by atoms with Gasteiger partial charge in [0.15, 0.2) is 5.76 Å². The fourth-order valence-electron chi connectivity index (χ4n) is 2.95. The summed E-state index contributed by atoms with van der Waals surface area (Å²) < 4.78 is 38.0. The Bertz CT molecular complexity index is 1320. The second kappa shape index (κ2) is 9.20. The van der Waals surface area contributed by atoms with E-state index in [1.807, 2.05) is 0 Å². The SMILES string of the molecule is COC(=O)c1ccc(NS(=O)(=O)c2ccc(/C=C/c3onc(C)c3NC(=O)C3CC3)s2)cc1. The van der Waals surface area contributed by atoms with Crippen LogP contribution in [0.2, 0.25) is 0 Å². The topological polar surface area (TPSA) is 128 Å².